The van der Waals surface area contributed by atoms with Crippen molar-refractivity contribution in [3.63, 3.8) is 0 Å². The van der Waals surface area contributed by atoms with Crippen molar-refractivity contribution < 1.29 is 84.8 Å². The molecule has 0 amide bonds. The van der Waals surface area contributed by atoms with Crippen LogP contribution in [0, 0.1) is 21.2 Å². The van der Waals surface area contributed by atoms with Gasteiger partial charge in [-0.25, -0.2) is 0 Å². The van der Waals surface area contributed by atoms with Crippen LogP contribution in [0.5, 0.6) is 0 Å². The van der Waals surface area contributed by atoms with Gasteiger partial charge in [-0.3, -0.25) is 0 Å². The molecule has 1 unspecified atom stereocenters. The molecule has 0 N–H and O–H groups in total. The first-order valence-corrected chi connectivity index (χ1v) is 40.5. The van der Waals surface area contributed by atoms with Crippen molar-refractivity contribution in [2.75, 3.05) is 13.3 Å². The fraction of sp³-hybridized carbons (Fsp3) is 0.175. The van der Waals surface area contributed by atoms with Crippen LogP contribution in [0.25, 0.3) is 164 Å². The average Bonchev–Trinajstić information content (AvgIpc) is 1.52. The molecule has 4 heteroatoms. The predicted octanol–water partition coefficient (Wildman–Crippen LogP) is 10.1. The van der Waals surface area contributed by atoms with E-state index in [9.17, 15) is 0 Å². The van der Waals surface area contributed by atoms with Crippen molar-refractivity contribution >= 4 is 97.0 Å². The molecule has 0 saturated carbocycles. The average molecular weight is 1530 g/mol. The molecule has 0 aliphatic heterocycles. The number of hydrogen-bond donors (Lipinski definition) is 0. The van der Waals surface area contributed by atoms with Crippen LogP contribution in [-0.2, 0) is 0 Å². The number of rotatable bonds is 16. The molecule has 0 saturated heterocycles. The summed E-state index contributed by atoms with van der Waals surface area (Å²) < 4.78 is 11.0. The maximum atomic E-state index is 2.69. The minimum absolute atomic E-state index is 0.00202. The van der Waals surface area contributed by atoms with Crippen LogP contribution in [0.1, 0.15) is 65.9 Å². The molecule has 1 aliphatic carbocycles. The van der Waals surface area contributed by atoms with Crippen LogP contribution >= 0.6 is 0 Å². The molecular weight excluding hydrogens is 1470 g/mol. The second-order valence-electron chi connectivity index (χ2n) is 23.3. The van der Waals surface area contributed by atoms with Crippen LogP contribution in [0.2, 0.25) is 0 Å². The molecule has 0 fully saturated rings. The van der Waals surface area contributed by atoms with Crippen molar-refractivity contribution in [3.05, 3.63) is 208 Å². The summed E-state index contributed by atoms with van der Waals surface area (Å²) in [5, 5.41) is 25.0. The topological polar surface area (TPSA) is 0 Å². The van der Waals surface area contributed by atoms with Crippen LogP contribution in [-0.4, -0.2) is 17.2 Å². The number of benzene rings is 13. The third-order valence-electron chi connectivity index (χ3n) is 18.1. The Kier molecular flexibility index (Phi) is 13.9. The standard InChI is InChI=1S/C80H64I4/c1-7-41-81-51-27-25-50(26-28-51)68-76-61-36-34-58-56-32-31-53(48-23-29-52(30-24-48)84-46(6)10-4)54-17-14-18-55(69(54)56)57-33-35-60(72(61)70(57)58)75(76)67(49-21-19-45(5)20-22-49)77-63-39-40-64-71-59(37-38-62(73(63)71)78(68)77)74-66(82-42-8-2)44-65(47-15-12-11-13-16-47)80(79(64)74)83-43-9-3/h11-40,44,46H,7-10,41-43H2,1-6H3/q-4. The quantitative estimate of drug-likeness (QED) is 0.0392. The molecule has 15 aromatic rings. The second-order valence-corrected chi connectivity index (χ2v) is 36.3. The Morgan fingerprint density at radius 2 is 0.786 bits per heavy atom. The first-order chi connectivity index (χ1) is 41.4. The van der Waals surface area contributed by atoms with Gasteiger partial charge in [0.2, 0.25) is 0 Å². The van der Waals surface area contributed by atoms with Gasteiger partial charge < -0.3 is 0 Å². The zero-order valence-electron chi connectivity index (χ0n) is 48.4. The number of alkyl halides is 4. The second kappa shape index (κ2) is 21.6. The Labute approximate surface area is 534 Å². The first-order valence-electron chi connectivity index (χ1n) is 30.3. The normalized spacial score (nSPS) is 13.1. The van der Waals surface area contributed by atoms with E-state index in [4.69, 9.17) is 0 Å². The molecule has 0 radical (unpaired) electrons. The Morgan fingerprint density at radius 3 is 1.42 bits per heavy atom. The van der Waals surface area contributed by atoms with Crippen LogP contribution in [0.15, 0.2) is 188 Å². The van der Waals surface area contributed by atoms with Crippen molar-refractivity contribution in [1.29, 1.82) is 0 Å². The van der Waals surface area contributed by atoms with Crippen molar-refractivity contribution in [1.82, 2.24) is 0 Å². The van der Waals surface area contributed by atoms with E-state index in [-0.39, 0.29) is 84.8 Å². The summed E-state index contributed by atoms with van der Waals surface area (Å²) in [5.41, 5.74) is 18.3. The Morgan fingerprint density at radius 1 is 0.321 bits per heavy atom. The van der Waals surface area contributed by atoms with Gasteiger partial charge in [-0.2, -0.15) is 0 Å². The van der Waals surface area contributed by atoms with Gasteiger partial charge in [0.1, 0.15) is 0 Å². The van der Waals surface area contributed by atoms with E-state index in [0.717, 1.165) is 3.92 Å². The Hall–Kier alpha value is -5.66. The molecule has 1 aliphatic rings. The molecule has 1 atom stereocenters. The third-order valence-corrected chi connectivity index (χ3v) is 31.5. The fourth-order valence-electron chi connectivity index (χ4n) is 14.4. The molecule has 84 heavy (non-hydrogen) atoms. The van der Waals surface area contributed by atoms with Gasteiger partial charge in [-0.05, 0) is 6.92 Å². The van der Waals surface area contributed by atoms with E-state index in [1.165, 1.54) is 204 Å². The molecule has 0 aromatic heterocycles. The molecule has 0 heterocycles. The molecule has 0 spiro atoms. The van der Waals surface area contributed by atoms with Gasteiger partial charge in [-0.15, -0.1) is 0 Å². The summed E-state index contributed by atoms with van der Waals surface area (Å²) in [6, 6.07) is 75.7. The van der Waals surface area contributed by atoms with Crippen LogP contribution in [0.4, 0.5) is 0 Å². The van der Waals surface area contributed by atoms with Gasteiger partial charge in [0.05, 0.1) is 0 Å². The monoisotopic (exact) mass is 1530 g/mol. The van der Waals surface area contributed by atoms with Gasteiger partial charge in [0.15, 0.2) is 0 Å². The van der Waals surface area contributed by atoms with Crippen molar-refractivity contribution in [2.45, 2.75) is 71.2 Å². The van der Waals surface area contributed by atoms with E-state index >= 15 is 0 Å². The van der Waals surface area contributed by atoms with E-state index in [0.29, 0.717) is 0 Å². The summed E-state index contributed by atoms with van der Waals surface area (Å²) in [6.45, 7) is 14.1. The van der Waals surface area contributed by atoms with E-state index in [1.54, 1.807) is 18.3 Å². The zero-order chi connectivity index (χ0) is 56.5. The van der Waals surface area contributed by atoms with E-state index in [2.05, 4.69) is 230 Å². The SMILES string of the molecule is CCC[I-]c1ccc(-c2c3c4ccc5c6c(ccc(c3c(-c3ccc(C)cc3)c3c7ccc8c9cccc%10c(-c%11ccc([I-]C(C)CC)cc%11)ccc(c%11ccc(c23)c7c%118)c%109)c64)-c2c([I-]CCC)c(-c3ccccc3)cc([I-]CCC)c2-5)cc1. The minimum atomic E-state index is -0.241. The third kappa shape index (κ3) is 8.24. The molecule has 0 nitrogen and oxygen atoms in total. The summed E-state index contributed by atoms with van der Waals surface area (Å²) in [5.74, 6) is 0. The number of fused-ring (bicyclic) bond motifs is 11. The van der Waals surface area contributed by atoms with Crippen molar-refractivity contribution in [3.8, 4) is 66.8 Å². The van der Waals surface area contributed by atoms with Gasteiger partial charge in [0.25, 0.3) is 0 Å². The van der Waals surface area contributed by atoms with Crippen molar-refractivity contribution in [2.24, 2.45) is 0 Å². The molecule has 0 bridgehead atoms. The maximum absolute atomic E-state index is 2.69. The van der Waals surface area contributed by atoms with Gasteiger partial charge in [-0.1, -0.05) is 0 Å². The number of halogens is 4. The fourth-order valence-corrected chi connectivity index (χ4v) is 24.4. The molecule has 16 rings (SSSR count). The van der Waals surface area contributed by atoms with Crippen LogP contribution in [0.3, 0.4) is 0 Å². The van der Waals surface area contributed by atoms with E-state index < -0.39 is 0 Å². The first kappa shape index (κ1) is 53.8. The Bertz CT molecular complexity index is 5060. The number of aryl methyl sites for hydroxylation is 1. The van der Waals surface area contributed by atoms with Gasteiger partial charge >= 0.3 is 534 Å². The summed E-state index contributed by atoms with van der Waals surface area (Å²) >= 11 is -0.495. The van der Waals surface area contributed by atoms with E-state index in [1.807, 2.05) is 0 Å². The number of hydrogen-bond acceptors (Lipinski definition) is 0. The molecular formula is C80H64I4-4. The van der Waals surface area contributed by atoms with Crippen LogP contribution < -0.4 is 84.8 Å². The summed E-state index contributed by atoms with van der Waals surface area (Å²) in [7, 11) is 0. The summed E-state index contributed by atoms with van der Waals surface area (Å²) in [6.07, 6.45) is 4.93. The molecule has 15 aromatic carbocycles. The summed E-state index contributed by atoms with van der Waals surface area (Å²) in [4.78, 5) is 0. The molecule has 416 valence electrons. The Balaban J connectivity index is 1.03. The zero-order valence-corrected chi connectivity index (χ0v) is 57.1. The predicted molar refractivity (Wildman–Crippen MR) is 348 cm³/mol. The van der Waals surface area contributed by atoms with Gasteiger partial charge in [0, 0.05) is 0 Å².